The molecule has 0 saturated carbocycles. The Balaban J connectivity index is 4.44. The lowest BCUT2D eigenvalue weighted by molar-refractivity contribution is 0.177. The molecule has 0 saturated heterocycles. The van der Waals surface area contributed by atoms with Crippen LogP contribution in [0.25, 0.3) is 0 Å². The second-order valence-electron chi connectivity index (χ2n) is 3.77. The molecule has 2 unspecified atom stereocenters. The van der Waals surface area contributed by atoms with Crippen molar-refractivity contribution in [2.75, 3.05) is 20.1 Å². The smallest absolute Gasteiger partial charge is 0.217 e. The van der Waals surface area contributed by atoms with Crippen LogP contribution in [-0.4, -0.2) is 49.3 Å². The second-order valence-corrected chi connectivity index (χ2v) is 6.09. The lowest BCUT2D eigenvalue weighted by Crippen LogP contribution is -2.40. The fourth-order valence-corrected chi connectivity index (χ4v) is 2.78. The van der Waals surface area contributed by atoms with Gasteiger partial charge in [0.2, 0.25) is 10.0 Å². The van der Waals surface area contributed by atoms with Crippen molar-refractivity contribution < 1.29 is 13.5 Å². The van der Waals surface area contributed by atoms with Crippen LogP contribution < -0.4 is 5.73 Å². The largest absolute Gasteiger partial charge is 0.393 e. The zero-order valence-corrected chi connectivity index (χ0v) is 10.5. The van der Waals surface area contributed by atoms with Crippen molar-refractivity contribution in [3.05, 3.63) is 0 Å². The number of aliphatic hydroxyl groups is 1. The third-order valence-electron chi connectivity index (χ3n) is 2.44. The molecule has 0 spiro atoms. The van der Waals surface area contributed by atoms with Crippen LogP contribution in [0.1, 0.15) is 26.7 Å². The Morgan fingerprint density at radius 2 is 2.00 bits per heavy atom. The number of rotatable bonds is 7. The van der Waals surface area contributed by atoms with E-state index < -0.39 is 21.4 Å². The fourth-order valence-electron chi connectivity index (χ4n) is 1.25. The third kappa shape index (κ3) is 4.46. The van der Waals surface area contributed by atoms with Crippen molar-refractivity contribution >= 4 is 10.0 Å². The van der Waals surface area contributed by atoms with Gasteiger partial charge in [-0.3, -0.25) is 0 Å². The maximum Gasteiger partial charge on any atom is 0.217 e. The predicted molar refractivity (Wildman–Crippen MR) is 61.0 cm³/mol. The standard InChI is InChI=1S/C9H22N2O3S/c1-4-9(7-10)15(13,14)11(3)6-5-8(2)12/h8-9,12H,4-7,10H2,1-3H3. The van der Waals surface area contributed by atoms with Crippen molar-refractivity contribution in [1.82, 2.24) is 4.31 Å². The lowest BCUT2D eigenvalue weighted by atomic mass is 10.3. The molecule has 0 amide bonds. The van der Waals surface area contributed by atoms with Gasteiger partial charge < -0.3 is 10.8 Å². The Hall–Kier alpha value is -0.170. The molecule has 0 aromatic heterocycles. The van der Waals surface area contributed by atoms with E-state index in [1.807, 2.05) is 0 Å². The van der Waals surface area contributed by atoms with Crippen LogP contribution in [0.4, 0.5) is 0 Å². The molecule has 0 aliphatic heterocycles. The Bertz CT molecular complexity index is 261. The molecule has 5 nitrogen and oxygen atoms in total. The summed E-state index contributed by atoms with van der Waals surface area (Å²) in [5.41, 5.74) is 5.41. The van der Waals surface area contributed by atoms with Crippen LogP contribution in [0.2, 0.25) is 0 Å². The topological polar surface area (TPSA) is 83.6 Å². The van der Waals surface area contributed by atoms with E-state index in [2.05, 4.69) is 0 Å². The molecule has 0 radical (unpaired) electrons. The summed E-state index contributed by atoms with van der Waals surface area (Å²) in [4.78, 5) is 0. The highest BCUT2D eigenvalue weighted by molar-refractivity contribution is 7.89. The van der Waals surface area contributed by atoms with E-state index in [1.54, 1.807) is 13.8 Å². The molecule has 0 aliphatic carbocycles. The Labute approximate surface area is 92.3 Å². The first-order valence-corrected chi connectivity index (χ1v) is 6.69. The zero-order valence-electron chi connectivity index (χ0n) is 9.68. The molecule has 15 heavy (non-hydrogen) atoms. The summed E-state index contributed by atoms with van der Waals surface area (Å²) in [7, 11) is -1.78. The van der Waals surface area contributed by atoms with Crippen molar-refractivity contribution in [2.45, 2.75) is 38.0 Å². The minimum atomic E-state index is -3.30. The Kier molecular flexibility index (Phi) is 6.35. The number of hydrogen-bond donors (Lipinski definition) is 2. The van der Waals surface area contributed by atoms with Gasteiger partial charge in [0.25, 0.3) is 0 Å². The van der Waals surface area contributed by atoms with Crippen LogP contribution in [0.15, 0.2) is 0 Å². The average molecular weight is 238 g/mol. The first-order chi connectivity index (χ1) is 6.86. The summed E-state index contributed by atoms with van der Waals surface area (Å²) >= 11 is 0. The molecule has 0 bridgehead atoms. The van der Waals surface area contributed by atoms with E-state index >= 15 is 0 Å². The van der Waals surface area contributed by atoms with Crippen LogP contribution in [0.5, 0.6) is 0 Å². The van der Waals surface area contributed by atoms with Crippen molar-refractivity contribution in [1.29, 1.82) is 0 Å². The highest BCUT2D eigenvalue weighted by Gasteiger charge is 2.26. The van der Waals surface area contributed by atoms with Crippen LogP contribution in [-0.2, 0) is 10.0 Å². The zero-order chi connectivity index (χ0) is 12.1. The first-order valence-electron chi connectivity index (χ1n) is 5.19. The van der Waals surface area contributed by atoms with Gasteiger partial charge in [0.15, 0.2) is 0 Å². The van der Waals surface area contributed by atoms with Gasteiger partial charge in [0.05, 0.1) is 11.4 Å². The van der Waals surface area contributed by atoms with Gasteiger partial charge in [0.1, 0.15) is 0 Å². The van der Waals surface area contributed by atoms with Gasteiger partial charge in [-0.15, -0.1) is 0 Å². The van der Waals surface area contributed by atoms with E-state index in [1.165, 1.54) is 11.4 Å². The summed E-state index contributed by atoms with van der Waals surface area (Å²) in [6, 6.07) is 0. The summed E-state index contributed by atoms with van der Waals surface area (Å²) in [6.45, 7) is 3.91. The summed E-state index contributed by atoms with van der Waals surface area (Å²) in [5, 5.41) is 8.56. The van der Waals surface area contributed by atoms with E-state index in [9.17, 15) is 8.42 Å². The summed E-state index contributed by atoms with van der Waals surface area (Å²) < 4.78 is 25.0. The molecule has 0 aliphatic rings. The Morgan fingerprint density at radius 1 is 1.47 bits per heavy atom. The molecule has 3 N–H and O–H groups in total. The number of aliphatic hydroxyl groups excluding tert-OH is 1. The fraction of sp³-hybridized carbons (Fsp3) is 1.00. The number of nitrogens with two attached hydrogens (primary N) is 1. The molecule has 0 aromatic carbocycles. The van der Waals surface area contributed by atoms with Gasteiger partial charge in [0, 0.05) is 20.1 Å². The van der Waals surface area contributed by atoms with Gasteiger partial charge >= 0.3 is 0 Å². The van der Waals surface area contributed by atoms with Gasteiger partial charge in [-0.2, -0.15) is 0 Å². The monoisotopic (exact) mass is 238 g/mol. The van der Waals surface area contributed by atoms with Crippen molar-refractivity contribution in [3.8, 4) is 0 Å². The molecular weight excluding hydrogens is 216 g/mol. The van der Waals surface area contributed by atoms with Gasteiger partial charge in [-0.05, 0) is 19.8 Å². The molecular formula is C9H22N2O3S. The maximum atomic E-state index is 11.9. The molecule has 0 aromatic rings. The molecule has 0 heterocycles. The van der Waals surface area contributed by atoms with E-state index in [0.717, 1.165) is 0 Å². The summed E-state index contributed by atoms with van der Waals surface area (Å²) in [6.07, 6.45) is 0.467. The van der Waals surface area contributed by atoms with E-state index in [0.29, 0.717) is 19.4 Å². The molecule has 2 atom stereocenters. The van der Waals surface area contributed by atoms with Gasteiger partial charge in [-0.25, -0.2) is 12.7 Å². The SMILES string of the molecule is CCC(CN)S(=O)(=O)N(C)CCC(C)O. The Morgan fingerprint density at radius 3 is 2.33 bits per heavy atom. The molecule has 6 heteroatoms. The highest BCUT2D eigenvalue weighted by atomic mass is 32.2. The maximum absolute atomic E-state index is 11.9. The lowest BCUT2D eigenvalue weighted by Gasteiger charge is -2.23. The average Bonchev–Trinajstić information content (AvgIpc) is 2.15. The van der Waals surface area contributed by atoms with Crippen LogP contribution in [0.3, 0.4) is 0 Å². The first kappa shape index (κ1) is 14.8. The third-order valence-corrected chi connectivity index (χ3v) is 4.86. The van der Waals surface area contributed by atoms with Crippen molar-refractivity contribution in [3.63, 3.8) is 0 Å². The predicted octanol–water partition coefficient (Wildman–Crippen LogP) is -0.244. The molecule has 0 rings (SSSR count). The molecule has 92 valence electrons. The van der Waals surface area contributed by atoms with Crippen LogP contribution in [0, 0.1) is 0 Å². The van der Waals surface area contributed by atoms with E-state index in [-0.39, 0.29) is 6.54 Å². The van der Waals surface area contributed by atoms with Gasteiger partial charge in [-0.1, -0.05) is 6.92 Å². The quantitative estimate of drug-likeness (QED) is 0.641. The minimum Gasteiger partial charge on any atom is -0.393 e. The normalized spacial score (nSPS) is 16.7. The van der Waals surface area contributed by atoms with Crippen molar-refractivity contribution in [2.24, 2.45) is 5.73 Å². The number of nitrogens with zero attached hydrogens (tertiary/aromatic N) is 1. The molecule has 0 fully saturated rings. The minimum absolute atomic E-state index is 0.137. The van der Waals surface area contributed by atoms with Crippen LogP contribution >= 0.6 is 0 Å². The number of hydrogen-bond acceptors (Lipinski definition) is 4. The second kappa shape index (κ2) is 6.42. The highest BCUT2D eigenvalue weighted by Crippen LogP contribution is 2.10. The van der Waals surface area contributed by atoms with E-state index in [4.69, 9.17) is 10.8 Å². The number of sulfonamides is 1. The summed E-state index contributed by atoms with van der Waals surface area (Å²) in [5.74, 6) is 0.